The standard InChI is InChI=1S/C17H23N7/c1-11(2)23-13(4)8-16(15(23)6)9-19-22-10-18-20-17(22)24-14(5)7-12(3)21-24/h7-11H,1-6H3/b19-9-. The van der Waals surface area contributed by atoms with Gasteiger partial charge in [0, 0.05) is 28.7 Å². The summed E-state index contributed by atoms with van der Waals surface area (Å²) < 4.78 is 5.69. The van der Waals surface area contributed by atoms with Crippen molar-refractivity contribution in [2.45, 2.75) is 47.6 Å². The molecule has 7 nitrogen and oxygen atoms in total. The molecule has 0 aromatic carbocycles. The van der Waals surface area contributed by atoms with E-state index in [2.05, 4.69) is 58.7 Å². The highest BCUT2D eigenvalue weighted by Crippen LogP contribution is 2.19. The lowest BCUT2D eigenvalue weighted by molar-refractivity contribution is 0.574. The molecule has 0 unspecified atom stereocenters. The van der Waals surface area contributed by atoms with Crippen LogP contribution in [0.2, 0.25) is 0 Å². The monoisotopic (exact) mass is 325 g/mol. The van der Waals surface area contributed by atoms with E-state index >= 15 is 0 Å². The molecule has 0 atom stereocenters. The summed E-state index contributed by atoms with van der Waals surface area (Å²) in [6.45, 7) is 12.5. The highest BCUT2D eigenvalue weighted by Gasteiger charge is 2.12. The van der Waals surface area contributed by atoms with Crippen LogP contribution in [0.4, 0.5) is 0 Å². The van der Waals surface area contributed by atoms with E-state index in [9.17, 15) is 0 Å². The fourth-order valence-electron chi connectivity index (χ4n) is 3.13. The molecule has 0 spiro atoms. The van der Waals surface area contributed by atoms with Gasteiger partial charge < -0.3 is 4.57 Å². The number of hydrogen-bond donors (Lipinski definition) is 0. The van der Waals surface area contributed by atoms with E-state index < -0.39 is 0 Å². The molecule has 0 radical (unpaired) electrons. The Labute approximate surface area is 141 Å². The molecule has 0 N–H and O–H groups in total. The third-order valence-electron chi connectivity index (χ3n) is 4.07. The van der Waals surface area contributed by atoms with Gasteiger partial charge >= 0.3 is 0 Å². The second kappa shape index (κ2) is 6.07. The quantitative estimate of drug-likeness (QED) is 0.693. The van der Waals surface area contributed by atoms with Gasteiger partial charge in [-0.05, 0) is 53.7 Å². The maximum absolute atomic E-state index is 4.53. The molecule has 3 aromatic rings. The zero-order valence-corrected chi connectivity index (χ0v) is 15.0. The fraction of sp³-hybridized carbons (Fsp3) is 0.412. The molecule has 0 bridgehead atoms. The van der Waals surface area contributed by atoms with Gasteiger partial charge in [-0.25, -0.2) is 4.68 Å². The molecule has 3 rings (SSSR count). The first kappa shape index (κ1) is 16.2. The molecule has 0 aliphatic heterocycles. The van der Waals surface area contributed by atoms with Crippen molar-refractivity contribution in [2.24, 2.45) is 5.10 Å². The molecule has 0 aliphatic rings. The maximum Gasteiger partial charge on any atom is 0.273 e. The first-order chi connectivity index (χ1) is 11.4. The van der Waals surface area contributed by atoms with Crippen molar-refractivity contribution in [2.75, 3.05) is 0 Å². The van der Waals surface area contributed by atoms with Crippen LogP contribution in [0.1, 0.15) is 48.2 Å². The highest BCUT2D eigenvalue weighted by atomic mass is 15.5. The summed E-state index contributed by atoms with van der Waals surface area (Å²) in [5.74, 6) is 0.578. The van der Waals surface area contributed by atoms with Gasteiger partial charge in [-0.2, -0.15) is 14.9 Å². The Kier molecular flexibility index (Phi) is 4.09. The van der Waals surface area contributed by atoms with Crippen molar-refractivity contribution >= 4 is 6.21 Å². The lowest BCUT2D eigenvalue weighted by Gasteiger charge is -2.13. The minimum absolute atomic E-state index is 0.423. The zero-order valence-electron chi connectivity index (χ0n) is 15.0. The van der Waals surface area contributed by atoms with E-state index in [1.54, 1.807) is 15.7 Å². The average molecular weight is 325 g/mol. The van der Waals surface area contributed by atoms with Gasteiger partial charge in [-0.1, -0.05) is 0 Å². The van der Waals surface area contributed by atoms with E-state index in [1.165, 1.54) is 11.4 Å². The van der Waals surface area contributed by atoms with E-state index in [-0.39, 0.29) is 0 Å². The predicted molar refractivity (Wildman–Crippen MR) is 93.9 cm³/mol. The van der Waals surface area contributed by atoms with Crippen LogP contribution in [0.25, 0.3) is 5.95 Å². The number of rotatable bonds is 4. The smallest absolute Gasteiger partial charge is 0.273 e. The number of hydrogen-bond acceptors (Lipinski definition) is 4. The fourth-order valence-corrected chi connectivity index (χ4v) is 3.13. The molecule has 0 saturated heterocycles. The number of aromatic nitrogens is 6. The van der Waals surface area contributed by atoms with Gasteiger partial charge in [-0.3, -0.25) is 0 Å². The largest absolute Gasteiger partial charge is 0.346 e. The van der Waals surface area contributed by atoms with Gasteiger partial charge in [0.1, 0.15) is 6.33 Å². The summed E-state index contributed by atoms with van der Waals surface area (Å²) in [4.78, 5) is 0. The van der Waals surface area contributed by atoms with Crippen molar-refractivity contribution < 1.29 is 0 Å². The van der Waals surface area contributed by atoms with Crippen LogP contribution in [-0.2, 0) is 0 Å². The topological polar surface area (TPSA) is 65.8 Å². The first-order valence-corrected chi connectivity index (χ1v) is 8.05. The molecular formula is C17H23N7. The molecule has 0 amide bonds. The number of aryl methyl sites for hydroxylation is 3. The van der Waals surface area contributed by atoms with Gasteiger partial charge in [0.15, 0.2) is 0 Å². The third kappa shape index (κ3) is 2.77. The summed E-state index contributed by atoms with van der Waals surface area (Å²) in [6, 6.07) is 4.57. The van der Waals surface area contributed by atoms with Crippen molar-refractivity contribution in [1.82, 2.24) is 29.2 Å². The van der Waals surface area contributed by atoms with E-state index in [4.69, 9.17) is 0 Å². The molecule has 3 heterocycles. The predicted octanol–water partition coefficient (Wildman–Crippen LogP) is 2.96. The first-order valence-electron chi connectivity index (χ1n) is 8.05. The highest BCUT2D eigenvalue weighted by molar-refractivity contribution is 5.81. The van der Waals surface area contributed by atoms with Crippen LogP contribution in [0.5, 0.6) is 0 Å². The lowest BCUT2D eigenvalue weighted by atomic mass is 10.2. The van der Waals surface area contributed by atoms with Crippen LogP contribution in [0.15, 0.2) is 23.6 Å². The SMILES string of the molecule is Cc1cc(C)n(-c2nncn2/N=C\c2cc(C)n(C(C)C)c2C)n1. The Morgan fingerprint density at radius 1 is 1.08 bits per heavy atom. The van der Waals surface area contributed by atoms with Crippen molar-refractivity contribution in [1.29, 1.82) is 0 Å². The van der Waals surface area contributed by atoms with Crippen LogP contribution in [0, 0.1) is 27.7 Å². The zero-order chi connectivity index (χ0) is 17.4. The Morgan fingerprint density at radius 2 is 1.83 bits per heavy atom. The van der Waals surface area contributed by atoms with Gasteiger partial charge in [0.05, 0.1) is 11.9 Å². The molecule has 24 heavy (non-hydrogen) atoms. The summed E-state index contributed by atoms with van der Waals surface area (Å²) >= 11 is 0. The summed E-state index contributed by atoms with van der Waals surface area (Å²) in [7, 11) is 0. The van der Waals surface area contributed by atoms with Crippen LogP contribution < -0.4 is 0 Å². The van der Waals surface area contributed by atoms with Crippen LogP contribution in [0.3, 0.4) is 0 Å². The molecule has 126 valence electrons. The molecular weight excluding hydrogens is 302 g/mol. The molecule has 0 aliphatic carbocycles. The number of nitrogens with zero attached hydrogens (tertiary/aromatic N) is 7. The molecule has 7 heteroatoms. The molecule has 0 fully saturated rings. The van der Waals surface area contributed by atoms with Crippen LogP contribution >= 0.6 is 0 Å². The lowest BCUT2D eigenvalue weighted by Crippen LogP contribution is -2.07. The Hall–Kier alpha value is -2.70. The van der Waals surface area contributed by atoms with Gasteiger partial charge in [-0.15, -0.1) is 10.2 Å². The summed E-state index contributed by atoms with van der Waals surface area (Å²) in [6.07, 6.45) is 3.43. The van der Waals surface area contributed by atoms with E-state index in [1.807, 2.05) is 26.1 Å². The Balaban J connectivity index is 1.96. The Bertz CT molecular complexity index is 892. The minimum atomic E-state index is 0.423. The van der Waals surface area contributed by atoms with Crippen molar-refractivity contribution in [3.63, 3.8) is 0 Å². The summed E-state index contributed by atoms with van der Waals surface area (Å²) in [5, 5.41) is 17.1. The maximum atomic E-state index is 4.53. The minimum Gasteiger partial charge on any atom is -0.346 e. The van der Waals surface area contributed by atoms with Crippen molar-refractivity contribution in [3.8, 4) is 5.95 Å². The van der Waals surface area contributed by atoms with Gasteiger partial charge in [0.2, 0.25) is 0 Å². The van der Waals surface area contributed by atoms with Crippen molar-refractivity contribution in [3.05, 3.63) is 46.8 Å². The second-order valence-corrected chi connectivity index (χ2v) is 6.35. The summed E-state index contributed by atoms with van der Waals surface area (Å²) in [5.41, 5.74) is 5.45. The van der Waals surface area contributed by atoms with Gasteiger partial charge in [0.25, 0.3) is 5.95 Å². The average Bonchev–Trinajstić information content (AvgIpc) is 3.15. The van der Waals surface area contributed by atoms with E-state index in [0.717, 1.165) is 17.0 Å². The Morgan fingerprint density at radius 3 is 2.42 bits per heavy atom. The van der Waals surface area contributed by atoms with Crippen LogP contribution in [-0.4, -0.2) is 35.4 Å². The molecule has 3 aromatic heterocycles. The molecule has 0 saturated carbocycles. The third-order valence-corrected chi connectivity index (χ3v) is 4.07. The normalized spacial score (nSPS) is 12.0. The second-order valence-electron chi connectivity index (χ2n) is 6.35. The van der Waals surface area contributed by atoms with E-state index in [0.29, 0.717) is 12.0 Å².